The molecule has 1 aliphatic rings. The van der Waals surface area contributed by atoms with E-state index in [1.54, 1.807) is 15.9 Å². The molecule has 0 unspecified atom stereocenters. The van der Waals surface area contributed by atoms with Crippen LogP contribution < -0.4 is 38.8 Å². The molecule has 212 valence electrons. The van der Waals surface area contributed by atoms with E-state index < -0.39 is 0 Å². The highest BCUT2D eigenvalue weighted by Crippen LogP contribution is 2.20. The summed E-state index contributed by atoms with van der Waals surface area (Å²) in [6.45, 7) is 4.52. The Bertz CT molecular complexity index is 1310. The lowest BCUT2D eigenvalue weighted by Gasteiger charge is -2.28. The van der Waals surface area contributed by atoms with E-state index in [9.17, 15) is 14.4 Å². The third-order valence-electron chi connectivity index (χ3n) is 6.53. The van der Waals surface area contributed by atoms with Crippen molar-refractivity contribution >= 4 is 39.5 Å². The third kappa shape index (κ3) is 8.76. The predicted molar refractivity (Wildman–Crippen MR) is 152 cm³/mol. The van der Waals surface area contributed by atoms with E-state index in [2.05, 4.69) is 34.2 Å². The van der Waals surface area contributed by atoms with Crippen molar-refractivity contribution in [1.29, 1.82) is 0 Å². The van der Waals surface area contributed by atoms with Crippen LogP contribution in [0.1, 0.15) is 41.3 Å². The molecular weight excluding hydrogens is 687 g/mol. The van der Waals surface area contributed by atoms with E-state index in [0.29, 0.717) is 24.3 Å². The zero-order chi connectivity index (χ0) is 27.6. The van der Waals surface area contributed by atoms with Crippen molar-refractivity contribution in [2.24, 2.45) is 0 Å². The molecular formula is C30H34BrIN4O4. The van der Waals surface area contributed by atoms with Gasteiger partial charge in [-0.1, -0.05) is 49.4 Å². The Labute approximate surface area is 260 Å². The van der Waals surface area contributed by atoms with Gasteiger partial charge in [-0.15, -0.1) is 0 Å². The first-order chi connectivity index (χ1) is 18.9. The molecule has 2 heterocycles. The number of carbonyl (C=O) groups is 3. The van der Waals surface area contributed by atoms with Crippen molar-refractivity contribution < 1.29 is 47.7 Å². The topological polar surface area (TPSA) is 82.8 Å². The fraction of sp³-hybridized carbons (Fsp3) is 0.333. The molecule has 0 aliphatic carbocycles. The van der Waals surface area contributed by atoms with Crippen molar-refractivity contribution in [2.75, 3.05) is 31.1 Å². The van der Waals surface area contributed by atoms with Crippen LogP contribution in [0.15, 0.2) is 77.5 Å². The molecule has 0 fully saturated rings. The minimum atomic E-state index is -0.381. The van der Waals surface area contributed by atoms with Crippen molar-refractivity contribution in [2.45, 2.75) is 39.3 Å². The first-order valence-electron chi connectivity index (χ1n) is 13.3. The van der Waals surface area contributed by atoms with Crippen LogP contribution in [0.2, 0.25) is 0 Å². The summed E-state index contributed by atoms with van der Waals surface area (Å²) in [6.07, 6.45) is 5.25. The molecule has 0 atom stereocenters. The van der Waals surface area contributed by atoms with E-state index in [1.807, 2.05) is 65.5 Å². The van der Waals surface area contributed by atoms with Crippen LogP contribution in [-0.4, -0.2) is 49.0 Å². The summed E-state index contributed by atoms with van der Waals surface area (Å²) in [4.78, 5) is 41.9. The number of nitrogens with zero attached hydrogens (tertiary/aromatic N) is 3. The van der Waals surface area contributed by atoms with Crippen LogP contribution in [-0.2, 0) is 29.0 Å². The second-order valence-corrected chi connectivity index (χ2v) is 10.3. The summed E-state index contributed by atoms with van der Waals surface area (Å²) in [5, 5.41) is 2.79. The number of rotatable bonds is 10. The Morgan fingerprint density at radius 2 is 1.77 bits per heavy atom. The highest BCUT2D eigenvalue weighted by Gasteiger charge is 2.23. The van der Waals surface area contributed by atoms with Gasteiger partial charge in [-0.25, -0.2) is 9.36 Å². The highest BCUT2D eigenvalue weighted by atomic mass is 127. The number of halogens is 2. The summed E-state index contributed by atoms with van der Waals surface area (Å²) in [7, 11) is 0. The molecule has 0 spiro atoms. The average molecular weight is 721 g/mol. The molecule has 0 saturated carbocycles. The number of carbonyl (C=O) groups excluding carboxylic acids is 3. The number of amides is 3. The molecule has 0 radical (unpaired) electrons. The molecule has 0 bridgehead atoms. The van der Waals surface area contributed by atoms with Gasteiger partial charge in [0.05, 0.1) is 11.0 Å². The smallest absolute Gasteiger partial charge is 0.410 e. The van der Waals surface area contributed by atoms with Gasteiger partial charge in [0.15, 0.2) is 12.4 Å². The normalized spacial score (nSPS) is 12.1. The third-order valence-corrected chi connectivity index (χ3v) is 6.96. The zero-order valence-electron chi connectivity index (χ0n) is 22.5. The van der Waals surface area contributed by atoms with Gasteiger partial charge in [0.2, 0.25) is 5.91 Å². The van der Waals surface area contributed by atoms with E-state index >= 15 is 0 Å². The Hall–Kier alpha value is -2.99. The van der Waals surface area contributed by atoms with Gasteiger partial charge in [0, 0.05) is 38.2 Å². The van der Waals surface area contributed by atoms with Gasteiger partial charge in [0.25, 0.3) is 5.91 Å². The van der Waals surface area contributed by atoms with Gasteiger partial charge in [-0.3, -0.25) is 9.59 Å². The fourth-order valence-electron chi connectivity index (χ4n) is 4.59. The molecule has 8 nitrogen and oxygen atoms in total. The van der Waals surface area contributed by atoms with Crippen LogP contribution in [0, 0.1) is 0 Å². The van der Waals surface area contributed by atoms with Crippen LogP contribution in [0.25, 0.3) is 0 Å². The van der Waals surface area contributed by atoms with Crippen molar-refractivity contribution in [3.63, 3.8) is 0 Å². The van der Waals surface area contributed by atoms with Crippen molar-refractivity contribution in [3.8, 4) is 0 Å². The summed E-state index contributed by atoms with van der Waals surface area (Å²) >= 11 is 3.50. The number of fused-ring (bicyclic) bond motifs is 1. The minimum Gasteiger partial charge on any atom is -1.00 e. The number of hydrogen-bond acceptors (Lipinski definition) is 4. The SMILES string of the molecule is CCC[n+]1cc(Br)cc(C(=O)N(CCC(=O)NCCOC(=O)N2CCc3ccccc3C2)c2ccccc2)c1.[I-]. The molecule has 0 saturated heterocycles. The fourth-order valence-corrected chi connectivity index (χ4v) is 5.10. The number of anilines is 1. The largest absolute Gasteiger partial charge is 1.00 e. The summed E-state index contributed by atoms with van der Waals surface area (Å²) in [6, 6.07) is 19.2. The van der Waals surface area contributed by atoms with Gasteiger partial charge in [-0.05, 0) is 51.7 Å². The van der Waals surface area contributed by atoms with Gasteiger partial charge < -0.3 is 43.8 Å². The van der Waals surface area contributed by atoms with Gasteiger partial charge in [-0.2, -0.15) is 0 Å². The Balaban J connectivity index is 0.00000441. The standard InChI is InChI=1S/C30H33BrN4O4.HI/c1-2-15-33-20-25(19-26(31)22-33)29(37)35(27-10-4-3-5-11-27)17-13-28(36)32-14-18-39-30(38)34-16-12-23-8-6-7-9-24(23)21-34;/h3-11,19-20,22H,2,12-18,21H2,1H3;1H. The average Bonchev–Trinajstić information content (AvgIpc) is 2.95. The number of benzene rings is 2. The molecule has 1 aromatic heterocycles. The first kappa shape index (κ1) is 31.5. The quantitative estimate of drug-likeness (QED) is 0.196. The monoisotopic (exact) mass is 720 g/mol. The molecule has 3 amide bonds. The summed E-state index contributed by atoms with van der Waals surface area (Å²) < 4.78 is 8.18. The Morgan fingerprint density at radius 1 is 1.05 bits per heavy atom. The minimum absolute atomic E-state index is 0. The summed E-state index contributed by atoms with van der Waals surface area (Å²) in [5.74, 6) is -0.404. The number of para-hydroxylation sites is 1. The highest BCUT2D eigenvalue weighted by molar-refractivity contribution is 9.10. The number of ether oxygens (including phenoxy) is 1. The van der Waals surface area contributed by atoms with Gasteiger partial charge >= 0.3 is 6.09 Å². The number of aromatic nitrogens is 1. The van der Waals surface area contributed by atoms with Crippen LogP contribution >= 0.6 is 15.9 Å². The van der Waals surface area contributed by atoms with E-state index in [-0.39, 0.29) is 68.0 Å². The molecule has 4 rings (SSSR count). The maximum absolute atomic E-state index is 13.5. The first-order valence-corrected chi connectivity index (χ1v) is 14.1. The van der Waals surface area contributed by atoms with Crippen LogP contribution in [0.4, 0.5) is 10.5 Å². The van der Waals surface area contributed by atoms with Crippen LogP contribution in [0.3, 0.4) is 0 Å². The summed E-state index contributed by atoms with van der Waals surface area (Å²) in [5.41, 5.74) is 3.65. The molecule has 3 aromatic rings. The second-order valence-electron chi connectivity index (χ2n) is 9.43. The van der Waals surface area contributed by atoms with E-state index in [4.69, 9.17) is 4.74 Å². The molecule has 10 heteroatoms. The van der Waals surface area contributed by atoms with Crippen LogP contribution in [0.5, 0.6) is 0 Å². The van der Waals surface area contributed by atoms with E-state index in [0.717, 1.165) is 29.4 Å². The number of pyridine rings is 1. The Kier molecular flexibility index (Phi) is 12.4. The lowest BCUT2D eigenvalue weighted by Crippen LogP contribution is -3.00. The van der Waals surface area contributed by atoms with Crippen molar-refractivity contribution in [3.05, 3.63) is 94.2 Å². The maximum Gasteiger partial charge on any atom is 0.410 e. The molecule has 40 heavy (non-hydrogen) atoms. The number of nitrogens with one attached hydrogen (secondary N) is 1. The zero-order valence-corrected chi connectivity index (χ0v) is 26.3. The maximum atomic E-state index is 13.5. The number of aryl methyl sites for hydroxylation is 1. The predicted octanol–water partition coefficient (Wildman–Crippen LogP) is 1.50. The lowest BCUT2D eigenvalue weighted by molar-refractivity contribution is -0.697. The molecule has 1 N–H and O–H groups in total. The number of hydrogen-bond donors (Lipinski definition) is 1. The molecule has 2 aromatic carbocycles. The van der Waals surface area contributed by atoms with Gasteiger partial charge in [0.1, 0.15) is 18.7 Å². The van der Waals surface area contributed by atoms with E-state index in [1.165, 1.54) is 5.56 Å². The molecule has 1 aliphatic heterocycles. The Morgan fingerprint density at radius 3 is 2.52 bits per heavy atom. The lowest BCUT2D eigenvalue weighted by atomic mass is 10.0. The second kappa shape index (κ2) is 15.7. The van der Waals surface area contributed by atoms with Crippen molar-refractivity contribution in [1.82, 2.24) is 10.2 Å².